The molecule has 0 aliphatic carbocycles. The third-order valence-corrected chi connectivity index (χ3v) is 9.42. The number of ether oxygens (including phenoxy) is 2. The maximum atomic E-state index is 13.0. The second kappa shape index (κ2) is 13.1. The first-order valence-corrected chi connectivity index (χ1v) is 15.4. The molecule has 3 aromatic rings. The smallest absolute Gasteiger partial charge is 0.350 e. The maximum Gasteiger partial charge on any atom is 0.350 e. The number of halogens is 2. The first kappa shape index (κ1) is 30.5. The van der Waals surface area contributed by atoms with Crippen LogP contribution in [0.2, 0.25) is 10.0 Å². The summed E-state index contributed by atoms with van der Waals surface area (Å²) in [7, 11) is 1.60. The number of H-pyrrole nitrogens is 1. The standard InChI is InChI=1S/C27H34Cl2N8O4S/c1-5-41-26(39)24-22(17-10-32-19(11-31-17)36-9-7-30-14(2)12-36)35-27(42-24)37-8-6-16(18(13-37)40-4)34-25(38)23-21(29)20(28)15(3)33-23/h10-11,14,16,18,30,33H,5-9,12-13H2,1-4H3,(H,34,38)/t14-,16-,18+/m1/s1. The predicted molar refractivity (Wildman–Crippen MR) is 163 cm³/mol. The van der Waals surface area contributed by atoms with E-state index in [1.165, 1.54) is 11.3 Å². The van der Waals surface area contributed by atoms with Gasteiger partial charge >= 0.3 is 5.97 Å². The average molecular weight is 638 g/mol. The largest absolute Gasteiger partial charge is 0.462 e. The van der Waals surface area contributed by atoms with E-state index in [1.807, 2.05) is 4.90 Å². The van der Waals surface area contributed by atoms with Crippen LogP contribution in [0.4, 0.5) is 10.9 Å². The van der Waals surface area contributed by atoms with Crippen LogP contribution in [-0.4, -0.2) is 96.4 Å². The first-order chi connectivity index (χ1) is 20.2. The number of aromatic amines is 1. The van der Waals surface area contributed by atoms with Crippen molar-refractivity contribution < 1.29 is 19.1 Å². The summed E-state index contributed by atoms with van der Waals surface area (Å²) in [5, 5.41) is 7.60. The van der Waals surface area contributed by atoms with Gasteiger partial charge in [0.15, 0.2) is 5.13 Å². The number of methoxy groups -OCH3 is 1. The van der Waals surface area contributed by atoms with Gasteiger partial charge in [-0.25, -0.2) is 19.7 Å². The lowest BCUT2D eigenvalue weighted by Gasteiger charge is -2.37. The molecule has 3 atom stereocenters. The van der Waals surface area contributed by atoms with Gasteiger partial charge in [0.25, 0.3) is 5.91 Å². The molecule has 12 nitrogen and oxygen atoms in total. The highest BCUT2D eigenvalue weighted by Crippen LogP contribution is 2.35. The summed E-state index contributed by atoms with van der Waals surface area (Å²) in [6.45, 7) is 9.47. The number of carbonyl (C=O) groups excluding carboxylic acids is 2. The fourth-order valence-electron chi connectivity index (χ4n) is 5.16. The van der Waals surface area contributed by atoms with Gasteiger partial charge in [0.2, 0.25) is 0 Å². The van der Waals surface area contributed by atoms with Crippen molar-refractivity contribution in [1.82, 2.24) is 30.6 Å². The van der Waals surface area contributed by atoms with Gasteiger partial charge in [-0.2, -0.15) is 0 Å². The zero-order chi connectivity index (χ0) is 30.0. The van der Waals surface area contributed by atoms with E-state index in [0.29, 0.717) is 57.7 Å². The van der Waals surface area contributed by atoms with Gasteiger partial charge in [0.1, 0.15) is 27.8 Å². The number of nitrogens with one attached hydrogen (secondary N) is 3. The Balaban J connectivity index is 1.34. The Morgan fingerprint density at radius 1 is 1.17 bits per heavy atom. The Labute approximate surface area is 258 Å². The Morgan fingerprint density at radius 2 is 1.98 bits per heavy atom. The second-order valence-corrected chi connectivity index (χ2v) is 12.0. The van der Waals surface area contributed by atoms with Crippen molar-refractivity contribution in [3.05, 3.63) is 38.7 Å². The normalized spacial score (nSPS) is 21.0. The minimum Gasteiger partial charge on any atom is -0.462 e. The molecule has 0 aromatic carbocycles. The molecule has 2 saturated heterocycles. The quantitative estimate of drug-likeness (QED) is 0.315. The van der Waals surface area contributed by atoms with Crippen molar-refractivity contribution in [3.8, 4) is 11.4 Å². The lowest BCUT2D eigenvalue weighted by Crippen LogP contribution is -2.55. The van der Waals surface area contributed by atoms with Crippen molar-refractivity contribution in [1.29, 1.82) is 0 Å². The van der Waals surface area contributed by atoms with Crippen LogP contribution in [0.3, 0.4) is 0 Å². The molecule has 0 bridgehead atoms. The second-order valence-electron chi connectivity index (χ2n) is 10.3. The van der Waals surface area contributed by atoms with E-state index in [9.17, 15) is 9.59 Å². The van der Waals surface area contributed by atoms with Crippen molar-refractivity contribution in [3.63, 3.8) is 0 Å². The fourth-order valence-corrected chi connectivity index (χ4v) is 6.58. The van der Waals surface area contributed by atoms with Crippen LogP contribution in [0.5, 0.6) is 0 Å². The van der Waals surface area contributed by atoms with Gasteiger partial charge in [-0.15, -0.1) is 0 Å². The molecule has 3 N–H and O–H groups in total. The number of hydrogen-bond acceptors (Lipinski definition) is 11. The molecule has 226 valence electrons. The fraction of sp³-hybridized carbons (Fsp3) is 0.519. The summed E-state index contributed by atoms with van der Waals surface area (Å²) >= 11 is 13.6. The van der Waals surface area contributed by atoms with Crippen molar-refractivity contribution >= 4 is 57.4 Å². The Hall–Kier alpha value is -2.97. The molecule has 5 heterocycles. The Morgan fingerprint density at radius 3 is 2.62 bits per heavy atom. The lowest BCUT2D eigenvalue weighted by molar-refractivity contribution is 0.0531. The number of carbonyl (C=O) groups is 2. The number of thiazole rings is 1. The van der Waals surface area contributed by atoms with E-state index in [0.717, 1.165) is 25.5 Å². The molecule has 2 aliphatic heterocycles. The molecule has 0 spiro atoms. The third-order valence-electron chi connectivity index (χ3n) is 7.38. The molecular weight excluding hydrogens is 603 g/mol. The van der Waals surface area contributed by atoms with Crippen LogP contribution in [-0.2, 0) is 9.47 Å². The van der Waals surface area contributed by atoms with Crippen LogP contribution in [0.25, 0.3) is 11.4 Å². The molecular formula is C27H34Cl2N8O4S. The van der Waals surface area contributed by atoms with Crippen molar-refractivity contribution in [2.75, 3.05) is 56.2 Å². The molecule has 0 radical (unpaired) electrons. The molecule has 15 heteroatoms. The Bertz CT molecular complexity index is 1430. The van der Waals surface area contributed by atoms with Crippen LogP contribution in [0.1, 0.15) is 46.1 Å². The van der Waals surface area contributed by atoms with E-state index in [2.05, 4.69) is 37.4 Å². The topological polar surface area (TPSA) is 138 Å². The molecule has 2 aliphatic rings. The molecule has 5 rings (SSSR count). The SMILES string of the molecule is CCOC(=O)c1sc(N2CC[C@@H](NC(=O)c3[nH]c(C)c(Cl)c3Cl)[C@@H](OC)C2)nc1-c1cnc(N2CCN[C@H](C)C2)cn1. The summed E-state index contributed by atoms with van der Waals surface area (Å²) in [6, 6.07) is 0.0892. The van der Waals surface area contributed by atoms with E-state index in [4.69, 9.17) is 37.7 Å². The van der Waals surface area contributed by atoms with Crippen LogP contribution in [0, 0.1) is 6.92 Å². The maximum absolute atomic E-state index is 13.0. The van der Waals surface area contributed by atoms with Crippen LogP contribution >= 0.6 is 34.5 Å². The van der Waals surface area contributed by atoms with Gasteiger partial charge in [-0.05, 0) is 27.2 Å². The number of piperazine rings is 1. The van der Waals surface area contributed by atoms with Crippen molar-refractivity contribution in [2.24, 2.45) is 0 Å². The molecule has 1 amide bonds. The van der Waals surface area contributed by atoms with Crippen LogP contribution in [0.15, 0.2) is 12.4 Å². The van der Waals surface area contributed by atoms with E-state index < -0.39 is 5.97 Å². The molecule has 42 heavy (non-hydrogen) atoms. The summed E-state index contributed by atoms with van der Waals surface area (Å²) in [5.41, 5.74) is 1.77. The highest BCUT2D eigenvalue weighted by Gasteiger charge is 2.34. The molecule has 0 unspecified atom stereocenters. The van der Waals surface area contributed by atoms with Gasteiger partial charge in [0, 0.05) is 51.6 Å². The highest BCUT2D eigenvalue weighted by molar-refractivity contribution is 7.17. The predicted octanol–water partition coefficient (Wildman–Crippen LogP) is 3.54. The van der Waals surface area contributed by atoms with Crippen LogP contribution < -0.4 is 20.4 Å². The number of anilines is 2. The number of rotatable bonds is 8. The first-order valence-electron chi connectivity index (χ1n) is 13.8. The number of aryl methyl sites for hydroxylation is 1. The number of esters is 1. The lowest BCUT2D eigenvalue weighted by atomic mass is 10.0. The zero-order valence-corrected chi connectivity index (χ0v) is 26.2. The third kappa shape index (κ3) is 6.35. The summed E-state index contributed by atoms with van der Waals surface area (Å²) in [4.78, 5) is 47.5. The van der Waals surface area contributed by atoms with Crippen molar-refractivity contribution in [2.45, 2.75) is 45.4 Å². The average Bonchev–Trinajstić information content (AvgIpc) is 3.55. The van der Waals surface area contributed by atoms with Gasteiger partial charge in [-0.1, -0.05) is 34.5 Å². The number of aromatic nitrogens is 4. The summed E-state index contributed by atoms with van der Waals surface area (Å²) in [5.74, 6) is -0.0282. The van der Waals surface area contributed by atoms with Gasteiger partial charge in [0.05, 0.1) is 41.2 Å². The number of amides is 1. The number of piperidine rings is 1. The van der Waals surface area contributed by atoms with E-state index in [1.54, 1.807) is 33.4 Å². The number of hydrogen-bond donors (Lipinski definition) is 3. The molecule has 2 fully saturated rings. The highest BCUT2D eigenvalue weighted by atomic mass is 35.5. The summed E-state index contributed by atoms with van der Waals surface area (Å²) in [6.07, 6.45) is 3.62. The van der Waals surface area contributed by atoms with E-state index in [-0.39, 0.29) is 35.4 Å². The molecule has 0 saturated carbocycles. The minimum absolute atomic E-state index is 0.193. The van der Waals surface area contributed by atoms with Gasteiger partial charge in [-0.3, -0.25) is 4.79 Å². The van der Waals surface area contributed by atoms with E-state index >= 15 is 0 Å². The zero-order valence-electron chi connectivity index (χ0n) is 23.9. The monoisotopic (exact) mass is 636 g/mol. The number of nitrogens with zero attached hydrogens (tertiary/aromatic N) is 5. The Kier molecular flexibility index (Phi) is 9.53. The van der Waals surface area contributed by atoms with Gasteiger partial charge < -0.3 is 34.9 Å². The molecule has 3 aromatic heterocycles. The minimum atomic E-state index is -0.458. The summed E-state index contributed by atoms with van der Waals surface area (Å²) < 4.78 is 11.1.